The van der Waals surface area contributed by atoms with E-state index in [1.165, 1.54) is 5.56 Å². The molecule has 0 radical (unpaired) electrons. The second kappa shape index (κ2) is 5.63. The van der Waals surface area contributed by atoms with Gasteiger partial charge in [-0.1, -0.05) is 24.3 Å². The van der Waals surface area contributed by atoms with E-state index in [1.54, 1.807) is 0 Å². The van der Waals surface area contributed by atoms with Crippen LogP contribution in [0.4, 0.5) is 0 Å². The molecule has 1 rings (SSSR count). The quantitative estimate of drug-likeness (QED) is 0.738. The molecule has 1 aromatic carbocycles. The van der Waals surface area contributed by atoms with Crippen molar-refractivity contribution in [1.29, 1.82) is 0 Å². The molecule has 0 heterocycles. The van der Waals surface area contributed by atoms with Crippen LogP contribution in [-0.2, 0) is 6.54 Å². The normalized spacial score (nSPS) is 10.7. The zero-order chi connectivity index (χ0) is 11.3. The Morgan fingerprint density at radius 1 is 1.27 bits per heavy atom. The van der Waals surface area contributed by atoms with Crippen molar-refractivity contribution < 1.29 is 4.79 Å². The number of nitrogens with two attached hydrogens (primary N) is 1. The summed E-state index contributed by atoms with van der Waals surface area (Å²) in [5.74, 6) is 0.119. The molecular formula is C12H18N2O. The van der Waals surface area contributed by atoms with Crippen molar-refractivity contribution in [3.8, 4) is 0 Å². The lowest BCUT2D eigenvalue weighted by molar-refractivity contribution is 0.0985. The zero-order valence-corrected chi connectivity index (χ0v) is 9.36. The van der Waals surface area contributed by atoms with Gasteiger partial charge in [0, 0.05) is 18.5 Å². The lowest BCUT2D eigenvalue weighted by Crippen LogP contribution is -2.11. The van der Waals surface area contributed by atoms with E-state index in [0.717, 1.165) is 12.1 Å². The van der Waals surface area contributed by atoms with Gasteiger partial charge in [0.1, 0.15) is 0 Å². The summed E-state index contributed by atoms with van der Waals surface area (Å²) in [5, 5.41) is 0. The molecule has 3 heteroatoms. The molecule has 0 spiro atoms. The monoisotopic (exact) mass is 206 g/mol. The highest BCUT2D eigenvalue weighted by Gasteiger charge is 2.04. The van der Waals surface area contributed by atoms with Crippen LogP contribution in [0.25, 0.3) is 0 Å². The van der Waals surface area contributed by atoms with Crippen LogP contribution in [0.3, 0.4) is 0 Å². The number of hydrogen-bond acceptors (Lipinski definition) is 3. The summed E-state index contributed by atoms with van der Waals surface area (Å²) in [6.07, 6.45) is 0.424. The molecule has 15 heavy (non-hydrogen) atoms. The highest BCUT2D eigenvalue weighted by Crippen LogP contribution is 2.07. The summed E-state index contributed by atoms with van der Waals surface area (Å²) in [7, 11) is 4.04. The van der Waals surface area contributed by atoms with E-state index in [-0.39, 0.29) is 5.78 Å². The van der Waals surface area contributed by atoms with E-state index >= 15 is 0 Å². The number of carbonyl (C=O) groups excluding carboxylic acids is 1. The Bertz CT molecular complexity index is 317. The Morgan fingerprint density at radius 3 is 2.33 bits per heavy atom. The Morgan fingerprint density at radius 2 is 1.87 bits per heavy atom. The molecule has 2 N–H and O–H groups in total. The van der Waals surface area contributed by atoms with Crippen molar-refractivity contribution in [2.75, 3.05) is 20.6 Å². The van der Waals surface area contributed by atoms with Crippen molar-refractivity contribution >= 4 is 5.78 Å². The molecule has 0 aliphatic rings. The first-order chi connectivity index (χ1) is 7.13. The number of carbonyl (C=O) groups is 1. The number of benzene rings is 1. The maximum absolute atomic E-state index is 11.5. The largest absolute Gasteiger partial charge is 0.330 e. The molecule has 0 fully saturated rings. The SMILES string of the molecule is CN(C)Cc1ccc(C(=O)CCN)cc1. The number of hydrogen-bond donors (Lipinski definition) is 1. The lowest BCUT2D eigenvalue weighted by atomic mass is 10.1. The Kier molecular flexibility index (Phi) is 4.46. The van der Waals surface area contributed by atoms with E-state index in [4.69, 9.17) is 5.73 Å². The van der Waals surface area contributed by atoms with Gasteiger partial charge < -0.3 is 10.6 Å². The van der Waals surface area contributed by atoms with Crippen LogP contribution in [0.2, 0.25) is 0 Å². The third kappa shape index (κ3) is 3.81. The van der Waals surface area contributed by atoms with Gasteiger partial charge in [-0.15, -0.1) is 0 Å². The summed E-state index contributed by atoms with van der Waals surface area (Å²) >= 11 is 0. The van der Waals surface area contributed by atoms with Crippen LogP contribution < -0.4 is 5.73 Å². The smallest absolute Gasteiger partial charge is 0.164 e. The second-order valence-corrected chi connectivity index (χ2v) is 3.90. The maximum atomic E-state index is 11.5. The van der Waals surface area contributed by atoms with Crippen molar-refractivity contribution in [2.24, 2.45) is 5.73 Å². The summed E-state index contributed by atoms with van der Waals surface area (Å²) in [5.41, 5.74) is 7.30. The minimum Gasteiger partial charge on any atom is -0.330 e. The average Bonchev–Trinajstić information content (AvgIpc) is 2.18. The van der Waals surface area contributed by atoms with Crippen LogP contribution in [-0.4, -0.2) is 31.3 Å². The van der Waals surface area contributed by atoms with Crippen LogP contribution in [0.15, 0.2) is 24.3 Å². The molecule has 0 amide bonds. The molecule has 0 aliphatic carbocycles. The van der Waals surface area contributed by atoms with Gasteiger partial charge in [0.2, 0.25) is 0 Å². The third-order valence-electron chi connectivity index (χ3n) is 2.15. The number of rotatable bonds is 5. The highest BCUT2D eigenvalue weighted by molar-refractivity contribution is 5.96. The summed E-state index contributed by atoms with van der Waals surface area (Å²) < 4.78 is 0. The van der Waals surface area contributed by atoms with Gasteiger partial charge in [-0.05, 0) is 26.2 Å². The first kappa shape index (κ1) is 11.9. The Labute approximate surface area is 90.9 Å². The van der Waals surface area contributed by atoms with E-state index < -0.39 is 0 Å². The van der Waals surface area contributed by atoms with Gasteiger partial charge in [-0.3, -0.25) is 4.79 Å². The van der Waals surface area contributed by atoms with E-state index in [9.17, 15) is 4.79 Å². The van der Waals surface area contributed by atoms with Gasteiger partial charge >= 0.3 is 0 Å². The number of Topliss-reactive ketones (excluding diaryl/α,β-unsaturated/α-hetero) is 1. The zero-order valence-electron chi connectivity index (χ0n) is 9.36. The van der Waals surface area contributed by atoms with Gasteiger partial charge in [0.25, 0.3) is 0 Å². The molecule has 0 atom stereocenters. The third-order valence-corrected chi connectivity index (χ3v) is 2.15. The molecule has 0 unspecified atom stereocenters. The van der Waals surface area contributed by atoms with Gasteiger partial charge in [-0.2, -0.15) is 0 Å². The molecular weight excluding hydrogens is 188 g/mol. The van der Waals surface area contributed by atoms with E-state index in [0.29, 0.717) is 13.0 Å². The number of nitrogens with zero attached hydrogens (tertiary/aromatic N) is 1. The van der Waals surface area contributed by atoms with Crippen LogP contribution in [0.1, 0.15) is 22.3 Å². The van der Waals surface area contributed by atoms with Gasteiger partial charge in [0.05, 0.1) is 0 Å². The molecule has 0 saturated carbocycles. The highest BCUT2D eigenvalue weighted by atomic mass is 16.1. The number of ketones is 1. The molecule has 1 aromatic rings. The molecule has 0 aliphatic heterocycles. The van der Waals surface area contributed by atoms with E-state index in [2.05, 4.69) is 4.90 Å². The van der Waals surface area contributed by atoms with Crippen LogP contribution in [0, 0.1) is 0 Å². The summed E-state index contributed by atoms with van der Waals surface area (Å²) in [6, 6.07) is 7.72. The van der Waals surface area contributed by atoms with Crippen LogP contribution in [0.5, 0.6) is 0 Å². The van der Waals surface area contributed by atoms with Crippen molar-refractivity contribution in [1.82, 2.24) is 4.90 Å². The van der Waals surface area contributed by atoms with Gasteiger partial charge in [0.15, 0.2) is 5.78 Å². The first-order valence-electron chi connectivity index (χ1n) is 5.10. The average molecular weight is 206 g/mol. The minimum absolute atomic E-state index is 0.119. The Hall–Kier alpha value is -1.19. The fraction of sp³-hybridized carbons (Fsp3) is 0.417. The molecule has 0 aromatic heterocycles. The molecule has 3 nitrogen and oxygen atoms in total. The minimum atomic E-state index is 0.119. The summed E-state index contributed by atoms with van der Waals surface area (Å²) in [4.78, 5) is 13.6. The maximum Gasteiger partial charge on any atom is 0.164 e. The molecule has 0 saturated heterocycles. The van der Waals surface area contributed by atoms with Crippen molar-refractivity contribution in [3.63, 3.8) is 0 Å². The fourth-order valence-electron chi connectivity index (χ4n) is 1.44. The topological polar surface area (TPSA) is 46.3 Å². The standard InChI is InChI=1S/C12H18N2O/c1-14(2)9-10-3-5-11(6-4-10)12(15)7-8-13/h3-6H,7-9,13H2,1-2H3. The van der Waals surface area contributed by atoms with Gasteiger partial charge in [-0.25, -0.2) is 0 Å². The summed E-state index contributed by atoms with van der Waals surface area (Å²) in [6.45, 7) is 1.31. The second-order valence-electron chi connectivity index (χ2n) is 3.90. The Balaban J connectivity index is 2.67. The predicted octanol–water partition coefficient (Wildman–Crippen LogP) is 1.28. The first-order valence-corrected chi connectivity index (χ1v) is 5.10. The molecule has 82 valence electrons. The van der Waals surface area contributed by atoms with E-state index in [1.807, 2.05) is 38.4 Å². The van der Waals surface area contributed by atoms with Crippen molar-refractivity contribution in [2.45, 2.75) is 13.0 Å². The van der Waals surface area contributed by atoms with Crippen LogP contribution >= 0.6 is 0 Å². The lowest BCUT2D eigenvalue weighted by Gasteiger charge is -2.09. The predicted molar refractivity (Wildman–Crippen MR) is 61.8 cm³/mol. The molecule has 0 bridgehead atoms. The van der Waals surface area contributed by atoms with Crippen molar-refractivity contribution in [3.05, 3.63) is 35.4 Å². The fourth-order valence-corrected chi connectivity index (χ4v) is 1.44.